The summed E-state index contributed by atoms with van der Waals surface area (Å²) < 4.78 is 20.2. The Morgan fingerprint density at radius 2 is 1.86 bits per heavy atom. The molecule has 3 rings (SSSR count). The third-order valence-corrected chi connectivity index (χ3v) is 5.66. The number of esters is 3. The van der Waals surface area contributed by atoms with Crippen molar-refractivity contribution in [2.45, 2.75) is 37.9 Å². The Balaban J connectivity index is 1.60. The summed E-state index contributed by atoms with van der Waals surface area (Å²) in [7, 11) is 2.36. The summed E-state index contributed by atoms with van der Waals surface area (Å²) >= 11 is 0. The van der Waals surface area contributed by atoms with Gasteiger partial charge in [0.1, 0.15) is 23.4 Å². The predicted octanol–water partition coefficient (Wildman–Crippen LogP) is 0.968. The molecular weight excluding hydrogens is 472 g/mol. The van der Waals surface area contributed by atoms with Crippen molar-refractivity contribution in [3.63, 3.8) is 0 Å². The largest absolute Gasteiger partial charge is 0.469 e. The third kappa shape index (κ3) is 6.69. The number of amides is 1. The van der Waals surface area contributed by atoms with E-state index in [9.17, 15) is 19.2 Å². The number of nitrogens with one attached hydrogen (secondary N) is 2. The van der Waals surface area contributed by atoms with Gasteiger partial charge in [0.15, 0.2) is 0 Å². The van der Waals surface area contributed by atoms with Crippen LogP contribution in [0.3, 0.4) is 0 Å². The minimum absolute atomic E-state index is 0.00956. The number of carbonyl (C=O) groups is 4. The number of methoxy groups -OCH3 is 2. The highest BCUT2D eigenvalue weighted by Crippen LogP contribution is 2.22. The SMILES string of the molecule is COC(=O)C[C@@H](NC(=O)[C@H]1CCCN1Cc1ccc(C(=O)Oc2ccc(C(=N)N)cc2)o1)C(=O)OC. The van der Waals surface area contributed by atoms with E-state index in [2.05, 4.69) is 14.8 Å². The van der Waals surface area contributed by atoms with Crippen LogP contribution in [-0.4, -0.2) is 67.4 Å². The van der Waals surface area contributed by atoms with Gasteiger partial charge >= 0.3 is 17.9 Å². The zero-order valence-corrected chi connectivity index (χ0v) is 19.9. The second-order valence-electron chi connectivity index (χ2n) is 8.09. The van der Waals surface area contributed by atoms with E-state index in [-0.39, 0.29) is 30.3 Å². The minimum Gasteiger partial charge on any atom is -0.469 e. The van der Waals surface area contributed by atoms with E-state index in [1.165, 1.54) is 32.4 Å². The van der Waals surface area contributed by atoms with E-state index < -0.39 is 35.9 Å². The predicted molar refractivity (Wildman–Crippen MR) is 125 cm³/mol. The van der Waals surface area contributed by atoms with Gasteiger partial charge in [-0.1, -0.05) is 0 Å². The summed E-state index contributed by atoms with van der Waals surface area (Å²) in [5.74, 6) is -1.91. The van der Waals surface area contributed by atoms with E-state index in [4.69, 9.17) is 20.3 Å². The van der Waals surface area contributed by atoms with Crippen molar-refractivity contribution in [2.75, 3.05) is 20.8 Å². The molecule has 192 valence electrons. The lowest BCUT2D eigenvalue weighted by Crippen LogP contribution is -2.50. The van der Waals surface area contributed by atoms with Crippen molar-refractivity contribution in [2.24, 2.45) is 5.73 Å². The number of likely N-dealkylation sites (tertiary alicyclic amines) is 1. The molecule has 0 aliphatic carbocycles. The van der Waals surface area contributed by atoms with E-state index >= 15 is 0 Å². The number of nitrogens with two attached hydrogens (primary N) is 1. The van der Waals surface area contributed by atoms with Crippen LogP contribution in [0.1, 0.15) is 41.1 Å². The fraction of sp³-hybridized carbons (Fsp3) is 0.375. The number of carbonyl (C=O) groups excluding carboxylic acids is 4. The van der Waals surface area contributed by atoms with Crippen LogP contribution in [0, 0.1) is 5.41 Å². The number of benzene rings is 1. The zero-order chi connectivity index (χ0) is 26.2. The number of ether oxygens (including phenoxy) is 3. The Labute approximate surface area is 207 Å². The van der Waals surface area contributed by atoms with Gasteiger partial charge in [-0.25, -0.2) is 9.59 Å². The molecule has 1 aliphatic rings. The third-order valence-electron chi connectivity index (χ3n) is 5.66. The average molecular weight is 501 g/mol. The van der Waals surface area contributed by atoms with Crippen LogP contribution in [0.2, 0.25) is 0 Å². The van der Waals surface area contributed by atoms with Gasteiger partial charge in [0.05, 0.1) is 33.2 Å². The first-order valence-electron chi connectivity index (χ1n) is 11.2. The van der Waals surface area contributed by atoms with Gasteiger partial charge < -0.3 is 29.7 Å². The van der Waals surface area contributed by atoms with E-state index in [1.807, 2.05) is 4.90 Å². The second kappa shape index (κ2) is 12.0. The van der Waals surface area contributed by atoms with Crippen molar-refractivity contribution < 1.29 is 37.8 Å². The molecule has 4 N–H and O–H groups in total. The molecule has 1 amide bonds. The molecule has 0 unspecified atom stereocenters. The summed E-state index contributed by atoms with van der Waals surface area (Å²) in [4.78, 5) is 50.8. The van der Waals surface area contributed by atoms with Gasteiger partial charge in [-0.2, -0.15) is 0 Å². The molecule has 1 aromatic carbocycles. The molecule has 1 aliphatic heterocycles. The second-order valence-corrected chi connectivity index (χ2v) is 8.09. The first kappa shape index (κ1) is 26.4. The Kier molecular flexibility index (Phi) is 8.79. The molecule has 2 heterocycles. The van der Waals surface area contributed by atoms with Crippen molar-refractivity contribution in [1.82, 2.24) is 10.2 Å². The molecule has 12 heteroatoms. The summed E-state index contributed by atoms with van der Waals surface area (Å²) in [6.45, 7) is 0.847. The van der Waals surface area contributed by atoms with Crippen molar-refractivity contribution in [3.8, 4) is 5.75 Å². The van der Waals surface area contributed by atoms with Crippen molar-refractivity contribution in [1.29, 1.82) is 5.41 Å². The van der Waals surface area contributed by atoms with Crippen LogP contribution in [-0.2, 0) is 30.4 Å². The highest BCUT2D eigenvalue weighted by molar-refractivity contribution is 5.95. The van der Waals surface area contributed by atoms with Crippen LogP contribution < -0.4 is 15.8 Å². The Morgan fingerprint density at radius 1 is 1.14 bits per heavy atom. The van der Waals surface area contributed by atoms with Gasteiger partial charge in [0, 0.05) is 5.56 Å². The van der Waals surface area contributed by atoms with E-state index in [1.54, 1.807) is 18.2 Å². The Morgan fingerprint density at radius 3 is 2.50 bits per heavy atom. The first-order chi connectivity index (χ1) is 17.2. The van der Waals surface area contributed by atoms with Crippen LogP contribution >= 0.6 is 0 Å². The minimum atomic E-state index is -1.16. The molecule has 2 atom stereocenters. The fourth-order valence-electron chi connectivity index (χ4n) is 3.80. The smallest absolute Gasteiger partial charge is 0.379 e. The van der Waals surface area contributed by atoms with Crippen molar-refractivity contribution in [3.05, 3.63) is 53.5 Å². The molecule has 1 saturated heterocycles. The summed E-state index contributed by atoms with van der Waals surface area (Å²) in [6, 6.07) is 7.55. The van der Waals surface area contributed by atoms with Crippen LogP contribution in [0.5, 0.6) is 5.75 Å². The first-order valence-corrected chi connectivity index (χ1v) is 11.2. The van der Waals surface area contributed by atoms with E-state index in [0.717, 1.165) is 6.42 Å². The van der Waals surface area contributed by atoms with Gasteiger partial charge in [0.25, 0.3) is 0 Å². The number of nitrogen functional groups attached to an aromatic ring is 1. The summed E-state index contributed by atoms with van der Waals surface area (Å²) in [5.41, 5.74) is 5.92. The number of amidine groups is 1. The van der Waals surface area contributed by atoms with Crippen LogP contribution in [0.25, 0.3) is 0 Å². The number of hydrogen-bond donors (Lipinski definition) is 3. The number of rotatable bonds is 10. The molecule has 0 bridgehead atoms. The van der Waals surface area contributed by atoms with Gasteiger partial charge in [-0.3, -0.25) is 19.9 Å². The van der Waals surface area contributed by atoms with E-state index in [0.29, 0.717) is 24.3 Å². The maximum absolute atomic E-state index is 12.9. The van der Waals surface area contributed by atoms with Gasteiger partial charge in [0.2, 0.25) is 11.7 Å². The molecule has 1 fully saturated rings. The average Bonchev–Trinajstić information content (AvgIpc) is 3.53. The van der Waals surface area contributed by atoms with Crippen LogP contribution in [0.15, 0.2) is 40.8 Å². The molecule has 2 aromatic rings. The number of nitrogens with zero attached hydrogens (tertiary/aromatic N) is 1. The lowest BCUT2D eigenvalue weighted by atomic mass is 10.1. The molecule has 36 heavy (non-hydrogen) atoms. The standard InChI is InChI=1S/C24H28N4O8/c1-33-20(29)12-17(23(31)34-2)27-22(30)18-4-3-11-28(18)13-16-9-10-19(35-16)24(32)36-15-7-5-14(6-8-15)21(25)26/h5-10,17-18H,3-4,11-13H2,1-2H3,(H3,25,26)(H,27,30)/t17-,18-/m1/s1. The summed E-state index contributed by atoms with van der Waals surface area (Å²) in [6.07, 6.45) is 0.941. The number of furan rings is 1. The lowest BCUT2D eigenvalue weighted by molar-refractivity contribution is -0.151. The molecule has 0 radical (unpaired) electrons. The lowest BCUT2D eigenvalue weighted by Gasteiger charge is -2.24. The molecule has 0 saturated carbocycles. The quantitative estimate of drug-likeness (QED) is 0.184. The molecule has 0 spiro atoms. The Hall–Kier alpha value is -4.19. The van der Waals surface area contributed by atoms with Gasteiger partial charge in [-0.05, 0) is 55.8 Å². The summed E-state index contributed by atoms with van der Waals surface area (Å²) in [5, 5.41) is 9.97. The molecule has 1 aromatic heterocycles. The van der Waals surface area contributed by atoms with Gasteiger partial charge in [-0.15, -0.1) is 0 Å². The zero-order valence-electron chi connectivity index (χ0n) is 19.9. The monoisotopic (exact) mass is 500 g/mol. The fourth-order valence-corrected chi connectivity index (χ4v) is 3.80. The maximum atomic E-state index is 12.9. The molecular formula is C24H28N4O8. The highest BCUT2D eigenvalue weighted by atomic mass is 16.5. The van der Waals surface area contributed by atoms with Crippen molar-refractivity contribution >= 4 is 29.7 Å². The Bertz CT molecular complexity index is 1130. The normalized spacial score (nSPS) is 16.1. The number of hydrogen-bond acceptors (Lipinski definition) is 10. The molecule has 12 nitrogen and oxygen atoms in total. The topological polar surface area (TPSA) is 174 Å². The van der Waals surface area contributed by atoms with Crippen LogP contribution in [0.4, 0.5) is 0 Å². The highest BCUT2D eigenvalue weighted by Gasteiger charge is 2.34. The maximum Gasteiger partial charge on any atom is 0.379 e.